The van der Waals surface area contributed by atoms with Gasteiger partial charge in [0.2, 0.25) is 5.95 Å². The van der Waals surface area contributed by atoms with Crippen molar-refractivity contribution in [1.29, 1.82) is 0 Å². The zero-order valence-electron chi connectivity index (χ0n) is 18.9. The molecule has 0 spiro atoms. The molecule has 30 heavy (non-hydrogen) atoms. The SMILES string of the molecule is CC(C)C(Nc1nc(NCCN(C)C)nc2c1CN(C(C)C)C2=O)c1ccccc1. The van der Waals surface area contributed by atoms with Gasteiger partial charge in [0.15, 0.2) is 0 Å². The molecule has 7 nitrogen and oxygen atoms in total. The summed E-state index contributed by atoms with van der Waals surface area (Å²) in [6.45, 7) is 10.5. The second kappa shape index (κ2) is 9.43. The Morgan fingerprint density at radius 1 is 1.10 bits per heavy atom. The lowest BCUT2D eigenvalue weighted by Crippen LogP contribution is -2.31. The molecule has 0 saturated carbocycles. The fourth-order valence-corrected chi connectivity index (χ4v) is 3.64. The summed E-state index contributed by atoms with van der Waals surface area (Å²) in [4.78, 5) is 26.3. The molecule has 2 heterocycles. The number of hydrogen-bond acceptors (Lipinski definition) is 6. The van der Waals surface area contributed by atoms with Gasteiger partial charge in [-0.25, -0.2) is 4.98 Å². The van der Waals surface area contributed by atoms with Crippen LogP contribution in [0.4, 0.5) is 11.8 Å². The third-order valence-corrected chi connectivity index (χ3v) is 5.38. The lowest BCUT2D eigenvalue weighted by molar-refractivity contribution is 0.0726. The third-order valence-electron chi connectivity index (χ3n) is 5.38. The molecular weight excluding hydrogens is 376 g/mol. The summed E-state index contributed by atoms with van der Waals surface area (Å²) < 4.78 is 0. The van der Waals surface area contributed by atoms with Gasteiger partial charge in [0.25, 0.3) is 5.91 Å². The lowest BCUT2D eigenvalue weighted by Gasteiger charge is -2.25. The van der Waals surface area contributed by atoms with Crippen molar-refractivity contribution in [2.75, 3.05) is 37.8 Å². The van der Waals surface area contributed by atoms with Crippen molar-refractivity contribution in [2.24, 2.45) is 5.92 Å². The number of fused-ring (bicyclic) bond motifs is 1. The summed E-state index contributed by atoms with van der Waals surface area (Å²) in [5, 5.41) is 6.91. The Hall–Kier alpha value is -2.67. The Labute approximate surface area is 179 Å². The van der Waals surface area contributed by atoms with Crippen molar-refractivity contribution >= 4 is 17.7 Å². The van der Waals surface area contributed by atoms with Gasteiger partial charge >= 0.3 is 0 Å². The van der Waals surface area contributed by atoms with Gasteiger partial charge in [-0.2, -0.15) is 4.98 Å². The van der Waals surface area contributed by atoms with Gasteiger partial charge in [-0.3, -0.25) is 4.79 Å². The van der Waals surface area contributed by atoms with Gasteiger partial charge in [0.1, 0.15) is 11.5 Å². The Bertz CT molecular complexity index is 865. The van der Waals surface area contributed by atoms with E-state index in [0.717, 1.165) is 17.9 Å². The number of nitrogens with one attached hydrogen (secondary N) is 2. The van der Waals surface area contributed by atoms with Gasteiger partial charge in [0, 0.05) is 24.7 Å². The van der Waals surface area contributed by atoms with Crippen LogP contribution in [0.1, 0.15) is 55.4 Å². The molecule has 1 aromatic carbocycles. The van der Waals surface area contributed by atoms with Crippen LogP contribution < -0.4 is 10.6 Å². The summed E-state index contributed by atoms with van der Waals surface area (Å²) >= 11 is 0. The minimum absolute atomic E-state index is 0.0260. The molecule has 1 amide bonds. The number of rotatable bonds is 9. The van der Waals surface area contributed by atoms with E-state index in [1.54, 1.807) is 0 Å². The third kappa shape index (κ3) is 4.90. The van der Waals surface area contributed by atoms with E-state index >= 15 is 0 Å². The zero-order valence-corrected chi connectivity index (χ0v) is 18.9. The van der Waals surface area contributed by atoms with Crippen LogP contribution >= 0.6 is 0 Å². The molecule has 162 valence electrons. The Morgan fingerprint density at radius 2 is 1.80 bits per heavy atom. The monoisotopic (exact) mass is 410 g/mol. The molecule has 2 N–H and O–H groups in total. The van der Waals surface area contributed by atoms with Crippen molar-refractivity contribution in [3.63, 3.8) is 0 Å². The molecule has 0 fully saturated rings. The largest absolute Gasteiger partial charge is 0.363 e. The van der Waals surface area contributed by atoms with Gasteiger partial charge in [-0.05, 0) is 39.4 Å². The van der Waals surface area contributed by atoms with Crippen molar-refractivity contribution in [1.82, 2.24) is 19.8 Å². The number of amides is 1. The number of carbonyl (C=O) groups is 1. The molecule has 1 atom stereocenters. The number of hydrogen-bond donors (Lipinski definition) is 2. The van der Waals surface area contributed by atoms with Crippen molar-refractivity contribution in [2.45, 2.75) is 46.3 Å². The first-order chi connectivity index (χ1) is 14.3. The standard InChI is InChI=1S/C23H34N6O/c1-15(2)19(17-10-8-7-9-11-17)25-21-18-14-29(16(3)4)22(30)20(18)26-23(27-21)24-12-13-28(5)6/h7-11,15-16,19H,12-14H2,1-6H3,(H2,24,25,26,27). The van der Waals surface area contributed by atoms with Gasteiger partial charge < -0.3 is 20.4 Å². The fourth-order valence-electron chi connectivity index (χ4n) is 3.64. The fraction of sp³-hybridized carbons (Fsp3) is 0.522. The van der Waals surface area contributed by atoms with E-state index in [4.69, 9.17) is 4.98 Å². The minimum atomic E-state index is -0.0260. The molecule has 0 radical (unpaired) electrons. The average molecular weight is 411 g/mol. The summed E-state index contributed by atoms with van der Waals surface area (Å²) in [5.41, 5.74) is 2.59. The van der Waals surface area contributed by atoms with E-state index < -0.39 is 0 Å². The van der Waals surface area contributed by atoms with E-state index in [2.05, 4.69) is 58.6 Å². The van der Waals surface area contributed by atoms with Crippen LogP contribution in [0.5, 0.6) is 0 Å². The highest BCUT2D eigenvalue weighted by atomic mass is 16.2. The molecule has 1 aromatic heterocycles. The molecule has 1 unspecified atom stereocenters. The predicted molar refractivity (Wildman–Crippen MR) is 122 cm³/mol. The average Bonchev–Trinajstić information content (AvgIpc) is 3.03. The summed E-state index contributed by atoms with van der Waals surface area (Å²) in [5.74, 6) is 1.56. The predicted octanol–water partition coefficient (Wildman–Crippen LogP) is 3.62. The van der Waals surface area contributed by atoms with Gasteiger partial charge in [0.05, 0.1) is 12.6 Å². The maximum absolute atomic E-state index is 13.0. The summed E-state index contributed by atoms with van der Waals surface area (Å²) in [6.07, 6.45) is 0. The molecule has 0 bridgehead atoms. The van der Waals surface area contributed by atoms with Gasteiger partial charge in [-0.1, -0.05) is 44.2 Å². The molecule has 1 aliphatic rings. The molecule has 0 saturated heterocycles. The quantitative estimate of drug-likeness (QED) is 0.658. The smallest absolute Gasteiger partial charge is 0.273 e. The van der Waals surface area contributed by atoms with E-state index in [9.17, 15) is 4.79 Å². The highest BCUT2D eigenvalue weighted by Gasteiger charge is 2.34. The van der Waals surface area contributed by atoms with E-state index in [0.29, 0.717) is 30.6 Å². The van der Waals surface area contributed by atoms with Crippen LogP contribution in [0.2, 0.25) is 0 Å². The Morgan fingerprint density at radius 3 is 2.40 bits per heavy atom. The molecule has 1 aliphatic heterocycles. The molecular formula is C23H34N6O. The number of nitrogens with zero attached hydrogens (tertiary/aromatic N) is 4. The number of benzene rings is 1. The summed E-state index contributed by atoms with van der Waals surface area (Å²) in [7, 11) is 4.05. The van der Waals surface area contributed by atoms with Crippen molar-refractivity contribution in [3.8, 4) is 0 Å². The van der Waals surface area contributed by atoms with Crippen LogP contribution in [-0.4, -0.2) is 58.9 Å². The van der Waals surface area contributed by atoms with Crippen LogP contribution in [0.3, 0.4) is 0 Å². The van der Waals surface area contributed by atoms with Crippen LogP contribution in [-0.2, 0) is 6.54 Å². The molecule has 7 heteroatoms. The van der Waals surface area contributed by atoms with Crippen LogP contribution in [0.25, 0.3) is 0 Å². The highest BCUT2D eigenvalue weighted by molar-refractivity contribution is 5.98. The molecule has 0 aliphatic carbocycles. The van der Waals surface area contributed by atoms with Crippen molar-refractivity contribution < 1.29 is 4.79 Å². The van der Waals surface area contributed by atoms with E-state index in [1.807, 2.05) is 38.9 Å². The van der Waals surface area contributed by atoms with Gasteiger partial charge in [-0.15, -0.1) is 0 Å². The number of anilines is 2. The first kappa shape index (κ1) is 22.0. The molecule has 2 aromatic rings. The lowest BCUT2D eigenvalue weighted by atomic mass is 9.96. The molecule has 3 rings (SSSR count). The normalized spacial score (nSPS) is 14.6. The first-order valence-corrected chi connectivity index (χ1v) is 10.7. The van der Waals surface area contributed by atoms with Crippen LogP contribution in [0.15, 0.2) is 30.3 Å². The Kier molecular flexibility index (Phi) is 6.92. The second-order valence-corrected chi connectivity index (χ2v) is 8.76. The number of aromatic nitrogens is 2. The minimum Gasteiger partial charge on any atom is -0.363 e. The van der Waals surface area contributed by atoms with E-state index in [1.165, 1.54) is 5.56 Å². The zero-order chi connectivity index (χ0) is 21.8. The maximum atomic E-state index is 13.0. The second-order valence-electron chi connectivity index (χ2n) is 8.76. The van der Waals surface area contributed by atoms with E-state index in [-0.39, 0.29) is 18.0 Å². The first-order valence-electron chi connectivity index (χ1n) is 10.7. The topological polar surface area (TPSA) is 73.4 Å². The van der Waals surface area contributed by atoms with Crippen molar-refractivity contribution in [3.05, 3.63) is 47.2 Å². The summed E-state index contributed by atoms with van der Waals surface area (Å²) in [6, 6.07) is 10.6. The number of likely N-dealkylation sites (N-methyl/N-ethyl adjacent to an activating group) is 1. The Balaban J connectivity index is 1.96. The highest BCUT2D eigenvalue weighted by Crippen LogP contribution is 2.33. The maximum Gasteiger partial charge on any atom is 0.273 e. The van der Waals surface area contributed by atoms with Crippen LogP contribution in [0, 0.1) is 5.92 Å². The number of carbonyl (C=O) groups excluding carboxylic acids is 1.